The molecule has 0 heteroatoms. The predicted octanol–water partition coefficient (Wildman–Crippen LogP) is 9.13. The summed E-state index contributed by atoms with van der Waals surface area (Å²) in [6, 6.07) is 0. The van der Waals surface area contributed by atoms with E-state index in [-0.39, 0.29) is 0 Å². The van der Waals surface area contributed by atoms with Crippen molar-refractivity contribution in [3.05, 3.63) is 0 Å². The van der Waals surface area contributed by atoms with Gasteiger partial charge in [-0.05, 0) is 127 Å². The van der Waals surface area contributed by atoms with Crippen LogP contribution in [0.2, 0.25) is 0 Å². The van der Waals surface area contributed by atoms with Crippen LogP contribution in [0.25, 0.3) is 0 Å². The Morgan fingerprint density at radius 3 is 2.07 bits per heavy atom. The lowest BCUT2D eigenvalue weighted by Crippen LogP contribution is -2.66. The lowest BCUT2D eigenvalue weighted by Gasteiger charge is -2.73. The Bertz CT molecular complexity index is 690. The molecule has 0 aromatic heterocycles. The molecule has 0 radical (unpaired) electrons. The summed E-state index contributed by atoms with van der Waals surface area (Å²) in [5.41, 5.74) is 2.92. The summed E-state index contributed by atoms with van der Waals surface area (Å²) in [7, 11) is 0. The fourth-order valence-corrected chi connectivity index (χ4v) is 11.8. The van der Waals surface area contributed by atoms with Crippen LogP contribution in [0, 0.1) is 62.6 Å². The number of hydrogen-bond acceptors (Lipinski definition) is 0. The molecule has 0 amide bonds. The van der Waals surface area contributed by atoms with Gasteiger partial charge in [0.1, 0.15) is 0 Å². The molecule has 5 rings (SSSR count). The van der Waals surface area contributed by atoms with E-state index in [2.05, 4.69) is 55.4 Å². The summed E-state index contributed by atoms with van der Waals surface area (Å²) in [6.07, 6.45) is 16.6. The molecule has 30 heavy (non-hydrogen) atoms. The van der Waals surface area contributed by atoms with Gasteiger partial charge in [0.15, 0.2) is 0 Å². The summed E-state index contributed by atoms with van der Waals surface area (Å²) >= 11 is 0. The van der Waals surface area contributed by atoms with Crippen molar-refractivity contribution in [3.8, 4) is 0 Å². The van der Waals surface area contributed by atoms with Crippen LogP contribution in [0.1, 0.15) is 126 Å². The minimum Gasteiger partial charge on any atom is -0.0622 e. The van der Waals surface area contributed by atoms with Crippen molar-refractivity contribution in [1.29, 1.82) is 0 Å². The quantitative estimate of drug-likeness (QED) is 0.372. The van der Waals surface area contributed by atoms with Gasteiger partial charge in [-0.15, -0.1) is 0 Å². The molecule has 5 aliphatic carbocycles. The summed E-state index contributed by atoms with van der Waals surface area (Å²) < 4.78 is 0. The normalized spacial score (nSPS) is 60.0. The largest absolute Gasteiger partial charge is 0.0622 e. The van der Waals surface area contributed by atoms with Crippen LogP contribution in [-0.4, -0.2) is 0 Å². The first-order chi connectivity index (χ1) is 13.9. The van der Waals surface area contributed by atoms with Gasteiger partial charge in [-0.3, -0.25) is 0 Å². The van der Waals surface area contributed by atoms with Crippen LogP contribution >= 0.6 is 0 Å². The van der Waals surface area contributed by atoms with Gasteiger partial charge < -0.3 is 0 Å². The molecule has 0 spiro atoms. The molecule has 0 bridgehead atoms. The summed E-state index contributed by atoms with van der Waals surface area (Å²) in [4.78, 5) is 0. The van der Waals surface area contributed by atoms with E-state index in [0.717, 1.165) is 35.5 Å². The third kappa shape index (κ3) is 2.58. The van der Waals surface area contributed by atoms with Crippen LogP contribution in [-0.2, 0) is 0 Å². The maximum atomic E-state index is 2.81. The van der Waals surface area contributed by atoms with Crippen molar-refractivity contribution < 1.29 is 0 Å². The minimum absolute atomic E-state index is 0.560. The first-order valence-electron chi connectivity index (χ1n) is 13.9. The zero-order chi connectivity index (χ0) is 21.7. The maximum Gasteiger partial charge on any atom is -0.0235 e. The lowest BCUT2D eigenvalue weighted by molar-refractivity contribution is -0.247. The van der Waals surface area contributed by atoms with E-state index >= 15 is 0 Å². The van der Waals surface area contributed by atoms with Gasteiger partial charge in [0, 0.05) is 0 Å². The molecule has 172 valence electrons. The fraction of sp³-hybridized carbons (Fsp3) is 1.00. The summed E-state index contributed by atoms with van der Waals surface area (Å²) in [5.74, 6) is 5.74. The van der Waals surface area contributed by atoms with E-state index in [1.807, 2.05) is 0 Å². The van der Waals surface area contributed by atoms with Gasteiger partial charge in [0.05, 0.1) is 0 Å². The van der Waals surface area contributed by atoms with Gasteiger partial charge in [0.25, 0.3) is 0 Å². The topological polar surface area (TPSA) is 0 Å². The van der Waals surface area contributed by atoms with Crippen molar-refractivity contribution in [2.45, 2.75) is 126 Å². The van der Waals surface area contributed by atoms with Crippen molar-refractivity contribution in [2.75, 3.05) is 0 Å². The van der Waals surface area contributed by atoms with Gasteiger partial charge in [-0.25, -0.2) is 0 Å². The van der Waals surface area contributed by atoms with E-state index in [1.54, 1.807) is 0 Å². The number of hydrogen-bond donors (Lipinski definition) is 0. The Labute approximate surface area is 188 Å². The second-order valence-corrected chi connectivity index (χ2v) is 15.1. The van der Waals surface area contributed by atoms with Crippen molar-refractivity contribution in [3.63, 3.8) is 0 Å². The second kappa shape index (κ2) is 6.53. The molecule has 0 aliphatic heterocycles. The third-order valence-electron chi connectivity index (χ3n) is 13.8. The summed E-state index contributed by atoms with van der Waals surface area (Å²) in [6.45, 7) is 21.5. The zero-order valence-corrected chi connectivity index (χ0v) is 21.7. The molecule has 0 nitrogen and oxygen atoms in total. The molecule has 0 aromatic carbocycles. The van der Waals surface area contributed by atoms with Crippen LogP contribution in [0.4, 0.5) is 0 Å². The highest BCUT2D eigenvalue weighted by Gasteiger charge is 2.69. The fourth-order valence-electron chi connectivity index (χ4n) is 11.8. The predicted molar refractivity (Wildman–Crippen MR) is 129 cm³/mol. The van der Waals surface area contributed by atoms with Crippen molar-refractivity contribution >= 4 is 0 Å². The molecular formula is C30H52. The Morgan fingerprint density at radius 2 is 1.33 bits per heavy atom. The van der Waals surface area contributed by atoms with Gasteiger partial charge in [-0.2, -0.15) is 0 Å². The smallest absolute Gasteiger partial charge is 0.0235 e. The molecule has 5 aliphatic rings. The van der Waals surface area contributed by atoms with Gasteiger partial charge in [-0.1, -0.05) is 61.8 Å². The zero-order valence-electron chi connectivity index (χ0n) is 21.7. The standard InChI is InChI=1S/C30H52/c1-20-12-16-27(5)18-19-29(7)22(25(27)21(20)2)10-11-24-28(6)15-9-14-26(3,4)23(28)13-17-30(24,29)8/h20-25H,9-19H2,1-8H3/t20-,21?,22+,23-,24+,25?,27+,28-,29+,30+/m0/s1. The third-order valence-corrected chi connectivity index (χ3v) is 13.8. The number of rotatable bonds is 0. The molecule has 0 N–H and O–H groups in total. The average molecular weight is 413 g/mol. The molecule has 10 atom stereocenters. The maximum absolute atomic E-state index is 2.81. The van der Waals surface area contributed by atoms with Gasteiger partial charge >= 0.3 is 0 Å². The van der Waals surface area contributed by atoms with E-state index in [4.69, 9.17) is 0 Å². The first kappa shape index (κ1) is 21.8. The Kier molecular flexibility index (Phi) is 4.75. The highest BCUT2D eigenvalue weighted by molar-refractivity contribution is 5.17. The average Bonchev–Trinajstić information content (AvgIpc) is 2.65. The molecule has 5 fully saturated rings. The molecule has 5 saturated carbocycles. The molecular weight excluding hydrogens is 360 g/mol. The number of fused-ring (bicyclic) bond motifs is 7. The Balaban J connectivity index is 1.54. The Hall–Kier alpha value is 0. The summed E-state index contributed by atoms with van der Waals surface area (Å²) in [5, 5.41) is 0. The molecule has 2 unspecified atom stereocenters. The van der Waals surface area contributed by atoms with E-state index < -0.39 is 0 Å². The van der Waals surface area contributed by atoms with E-state index in [0.29, 0.717) is 27.1 Å². The van der Waals surface area contributed by atoms with Crippen LogP contribution in [0.3, 0.4) is 0 Å². The van der Waals surface area contributed by atoms with E-state index in [1.165, 1.54) is 70.6 Å². The highest BCUT2D eigenvalue weighted by atomic mass is 14.7. The Morgan fingerprint density at radius 1 is 0.600 bits per heavy atom. The van der Waals surface area contributed by atoms with Crippen LogP contribution < -0.4 is 0 Å². The SMILES string of the molecule is CC1C2[C@H]3CC[C@@H]4[C@@]5(C)CCCC(C)(C)[C@@H]5CC[C@@]4(C)[C@]3(C)CC[C@@]2(C)CC[C@@H]1C. The second-order valence-electron chi connectivity index (χ2n) is 15.1. The van der Waals surface area contributed by atoms with E-state index in [9.17, 15) is 0 Å². The van der Waals surface area contributed by atoms with Crippen molar-refractivity contribution in [1.82, 2.24) is 0 Å². The van der Waals surface area contributed by atoms with Crippen molar-refractivity contribution in [2.24, 2.45) is 62.6 Å². The van der Waals surface area contributed by atoms with Crippen LogP contribution in [0.15, 0.2) is 0 Å². The molecule has 0 aromatic rings. The monoisotopic (exact) mass is 412 g/mol. The van der Waals surface area contributed by atoms with Crippen LogP contribution in [0.5, 0.6) is 0 Å². The molecule has 0 heterocycles. The lowest BCUT2D eigenvalue weighted by atomic mass is 9.31. The minimum atomic E-state index is 0.560. The molecule has 0 saturated heterocycles. The van der Waals surface area contributed by atoms with Gasteiger partial charge in [0.2, 0.25) is 0 Å². The highest BCUT2D eigenvalue weighted by Crippen LogP contribution is 2.76. The first-order valence-corrected chi connectivity index (χ1v) is 13.9.